The first-order chi connectivity index (χ1) is 28.5. The fourth-order valence-electron chi connectivity index (χ4n) is 9.60. The minimum absolute atomic E-state index is 0.109. The topological polar surface area (TPSA) is 16.4 Å². The summed E-state index contributed by atoms with van der Waals surface area (Å²) >= 11 is 1.86. The Kier molecular flexibility index (Phi) is 7.18. The van der Waals surface area contributed by atoms with Crippen LogP contribution in [0.5, 0.6) is 0 Å². The van der Waals surface area contributed by atoms with Gasteiger partial charge in [-0.2, -0.15) is 0 Å². The quantitative estimate of drug-likeness (QED) is 0.174. The lowest BCUT2D eigenvalue weighted by Crippen LogP contribution is -2.16. The Labute approximate surface area is 340 Å². The molecule has 0 bridgehead atoms. The van der Waals surface area contributed by atoms with E-state index in [9.17, 15) is 0 Å². The lowest BCUT2D eigenvalue weighted by atomic mass is 9.82. The lowest BCUT2D eigenvalue weighted by Gasteiger charge is -2.29. The zero-order valence-electron chi connectivity index (χ0n) is 32.2. The minimum Gasteiger partial charge on any atom is -0.455 e. The highest BCUT2D eigenvalue weighted by molar-refractivity contribution is 7.25. The number of anilines is 3. The summed E-state index contributed by atoms with van der Waals surface area (Å²) < 4.78 is 9.40. The van der Waals surface area contributed by atoms with Gasteiger partial charge < -0.3 is 9.32 Å². The van der Waals surface area contributed by atoms with Gasteiger partial charge in [0.15, 0.2) is 0 Å². The van der Waals surface area contributed by atoms with Crippen molar-refractivity contribution >= 4 is 81.3 Å². The van der Waals surface area contributed by atoms with Crippen LogP contribution in [0.25, 0.3) is 86.3 Å². The Balaban J connectivity index is 0.997. The summed E-state index contributed by atoms with van der Waals surface area (Å²) in [5.41, 5.74) is 15.1. The van der Waals surface area contributed by atoms with Gasteiger partial charge in [0.1, 0.15) is 11.2 Å². The van der Waals surface area contributed by atoms with Crippen LogP contribution in [0, 0.1) is 0 Å². The average molecular weight is 760 g/mol. The van der Waals surface area contributed by atoms with Gasteiger partial charge in [0.05, 0.1) is 5.69 Å². The van der Waals surface area contributed by atoms with Gasteiger partial charge in [-0.3, -0.25) is 0 Å². The number of furan rings is 1. The first-order valence-corrected chi connectivity index (χ1v) is 20.8. The van der Waals surface area contributed by atoms with Gasteiger partial charge in [0, 0.05) is 64.2 Å². The van der Waals surface area contributed by atoms with Crippen LogP contribution in [0.2, 0.25) is 0 Å². The predicted octanol–water partition coefficient (Wildman–Crippen LogP) is 16.2. The predicted molar refractivity (Wildman–Crippen MR) is 247 cm³/mol. The van der Waals surface area contributed by atoms with E-state index in [0.717, 1.165) is 49.8 Å². The van der Waals surface area contributed by atoms with E-state index in [1.165, 1.54) is 64.6 Å². The molecule has 0 spiro atoms. The second-order valence-electron chi connectivity index (χ2n) is 16.1. The molecule has 12 rings (SSSR count). The molecule has 0 amide bonds. The van der Waals surface area contributed by atoms with E-state index >= 15 is 0 Å². The molecule has 58 heavy (non-hydrogen) atoms. The number of nitrogens with zero attached hydrogens (tertiary/aromatic N) is 1. The van der Waals surface area contributed by atoms with Crippen LogP contribution < -0.4 is 4.90 Å². The van der Waals surface area contributed by atoms with Gasteiger partial charge >= 0.3 is 0 Å². The molecule has 0 fully saturated rings. The monoisotopic (exact) mass is 759 g/mol. The first kappa shape index (κ1) is 33.2. The largest absolute Gasteiger partial charge is 0.455 e. The van der Waals surface area contributed by atoms with E-state index in [2.05, 4.69) is 207 Å². The van der Waals surface area contributed by atoms with Crippen LogP contribution in [-0.4, -0.2) is 0 Å². The van der Waals surface area contributed by atoms with Gasteiger partial charge in [0.25, 0.3) is 0 Å². The molecule has 3 heteroatoms. The van der Waals surface area contributed by atoms with Crippen LogP contribution in [-0.2, 0) is 5.41 Å². The number of para-hydroxylation sites is 1. The van der Waals surface area contributed by atoms with Crippen molar-refractivity contribution in [1.29, 1.82) is 0 Å². The van der Waals surface area contributed by atoms with Gasteiger partial charge in [-0.1, -0.05) is 147 Å². The summed E-state index contributed by atoms with van der Waals surface area (Å²) in [7, 11) is 0. The molecule has 0 atom stereocenters. The molecule has 11 aromatic rings. The zero-order chi connectivity index (χ0) is 38.5. The molecular weight excluding hydrogens is 723 g/mol. The minimum atomic E-state index is -0.109. The highest BCUT2D eigenvalue weighted by Gasteiger charge is 2.37. The van der Waals surface area contributed by atoms with Crippen molar-refractivity contribution in [2.75, 3.05) is 4.90 Å². The molecule has 1 aliphatic rings. The Bertz CT molecular complexity index is 3420. The number of thiophene rings is 1. The van der Waals surface area contributed by atoms with E-state index in [0.29, 0.717) is 0 Å². The Morgan fingerprint density at radius 1 is 0.431 bits per heavy atom. The van der Waals surface area contributed by atoms with Crippen molar-refractivity contribution in [3.63, 3.8) is 0 Å². The van der Waals surface area contributed by atoms with Crippen molar-refractivity contribution in [1.82, 2.24) is 0 Å². The molecule has 0 unspecified atom stereocenters. The van der Waals surface area contributed by atoms with Crippen LogP contribution in [0.1, 0.15) is 25.0 Å². The summed E-state index contributed by atoms with van der Waals surface area (Å²) in [6.45, 7) is 4.70. The van der Waals surface area contributed by atoms with Crippen molar-refractivity contribution in [2.24, 2.45) is 0 Å². The van der Waals surface area contributed by atoms with Crippen molar-refractivity contribution < 1.29 is 4.42 Å². The average Bonchev–Trinajstić information content (AvgIpc) is 3.92. The summed E-state index contributed by atoms with van der Waals surface area (Å²) in [5.74, 6) is 0. The van der Waals surface area contributed by atoms with E-state index in [-0.39, 0.29) is 5.41 Å². The summed E-state index contributed by atoms with van der Waals surface area (Å²) in [6, 6.07) is 68.9. The maximum absolute atomic E-state index is 6.75. The fraction of sp³-hybridized carbons (Fsp3) is 0.0545. The Hall–Kier alpha value is -6.94. The molecule has 0 radical (unpaired) electrons. The highest BCUT2D eigenvalue weighted by Crippen LogP contribution is 2.54. The SMILES string of the molecule is CC1(C)c2ccccc2-c2c(N(c3ccc(-c4ccc5sc6ccccc6c5c4)cc3)c3ccc(-c4cccc5c4oc4c6ccccc6ccc54)cc3)cccc21. The molecular formula is C55H37NOS. The normalized spacial score (nSPS) is 13.1. The summed E-state index contributed by atoms with van der Waals surface area (Å²) in [5, 5.41) is 7.24. The fourth-order valence-corrected chi connectivity index (χ4v) is 10.7. The third-order valence-electron chi connectivity index (χ3n) is 12.5. The summed E-state index contributed by atoms with van der Waals surface area (Å²) in [4.78, 5) is 2.44. The Morgan fingerprint density at radius 2 is 1.05 bits per heavy atom. The molecule has 274 valence electrons. The number of benzene rings is 9. The number of rotatable bonds is 5. The smallest absolute Gasteiger partial charge is 0.143 e. The van der Waals surface area contributed by atoms with Crippen molar-refractivity contribution in [3.8, 4) is 33.4 Å². The van der Waals surface area contributed by atoms with E-state index in [1.807, 2.05) is 11.3 Å². The molecule has 0 N–H and O–H groups in total. The van der Waals surface area contributed by atoms with Gasteiger partial charge in [-0.25, -0.2) is 0 Å². The molecule has 0 saturated heterocycles. The molecule has 9 aromatic carbocycles. The van der Waals surface area contributed by atoms with Gasteiger partial charge in [-0.05, 0) is 93.4 Å². The van der Waals surface area contributed by atoms with E-state index < -0.39 is 0 Å². The number of hydrogen-bond acceptors (Lipinski definition) is 3. The third-order valence-corrected chi connectivity index (χ3v) is 13.6. The molecule has 0 aliphatic heterocycles. The van der Waals surface area contributed by atoms with E-state index in [1.54, 1.807) is 0 Å². The van der Waals surface area contributed by atoms with Crippen LogP contribution in [0.3, 0.4) is 0 Å². The maximum Gasteiger partial charge on any atom is 0.143 e. The number of hydrogen-bond donors (Lipinski definition) is 0. The molecule has 2 aromatic heterocycles. The van der Waals surface area contributed by atoms with Crippen LogP contribution in [0.4, 0.5) is 17.1 Å². The lowest BCUT2D eigenvalue weighted by molar-refractivity contribution is 0.660. The molecule has 1 aliphatic carbocycles. The summed E-state index contributed by atoms with van der Waals surface area (Å²) in [6.07, 6.45) is 0. The Morgan fingerprint density at radius 3 is 1.90 bits per heavy atom. The van der Waals surface area contributed by atoms with Crippen molar-refractivity contribution in [3.05, 3.63) is 199 Å². The second-order valence-corrected chi connectivity index (χ2v) is 17.1. The first-order valence-electron chi connectivity index (χ1n) is 20.0. The van der Waals surface area contributed by atoms with Crippen LogP contribution in [0.15, 0.2) is 192 Å². The standard InChI is InChI=1S/C55H37NOS/c1-55(2)47-17-7-5-14-45(47)52-48(55)18-10-19-49(52)56(38-27-21-34(22-28-38)37-26-32-51-46(33-37)42-13-6-8-20-50(42)58-51)39-29-23-36(24-30-39)41-15-9-16-43-44-31-25-35-11-3-4-12-40(35)54(44)57-53(41)43/h3-33H,1-2H3. The van der Waals surface area contributed by atoms with Gasteiger partial charge in [0.2, 0.25) is 0 Å². The van der Waals surface area contributed by atoms with Crippen molar-refractivity contribution in [2.45, 2.75) is 19.3 Å². The maximum atomic E-state index is 6.75. The highest BCUT2D eigenvalue weighted by atomic mass is 32.1. The second kappa shape index (κ2) is 12.5. The third kappa shape index (κ3) is 4.90. The van der Waals surface area contributed by atoms with E-state index in [4.69, 9.17) is 4.42 Å². The number of fused-ring (bicyclic) bond motifs is 11. The molecule has 2 nitrogen and oxygen atoms in total. The molecule has 0 saturated carbocycles. The molecule has 2 heterocycles. The zero-order valence-corrected chi connectivity index (χ0v) is 33.0. The van der Waals surface area contributed by atoms with Gasteiger partial charge in [-0.15, -0.1) is 11.3 Å². The van der Waals surface area contributed by atoms with Crippen LogP contribution >= 0.6 is 11.3 Å².